The molecule has 2 aromatic rings. The summed E-state index contributed by atoms with van der Waals surface area (Å²) >= 11 is 7.99. The maximum Gasteiger partial charge on any atom is 0.131 e. The molecule has 1 aromatic heterocycles. The van der Waals surface area contributed by atoms with Gasteiger partial charge in [0.2, 0.25) is 0 Å². The van der Waals surface area contributed by atoms with Gasteiger partial charge in [0.05, 0.1) is 12.5 Å². The number of alkyl halides is 1. The quantitative estimate of drug-likeness (QED) is 0.733. The molecular weight excluding hydrogens is 271 g/mol. The lowest BCUT2D eigenvalue weighted by Crippen LogP contribution is -1.97. The SMILES string of the molecule is COc1ccc(C(Cl)c2sc(C)cc2C)c(F)c1. The Labute approximate surface area is 115 Å². The van der Waals surface area contributed by atoms with E-state index in [9.17, 15) is 4.39 Å². The lowest BCUT2D eigenvalue weighted by molar-refractivity contribution is 0.411. The van der Waals surface area contributed by atoms with Crippen molar-refractivity contribution in [2.75, 3.05) is 7.11 Å². The van der Waals surface area contributed by atoms with Gasteiger partial charge in [-0.1, -0.05) is 6.07 Å². The molecule has 1 unspecified atom stereocenters. The maximum absolute atomic E-state index is 14.0. The molecular formula is C14H14ClFOS. The van der Waals surface area contributed by atoms with Gasteiger partial charge in [-0.25, -0.2) is 4.39 Å². The minimum Gasteiger partial charge on any atom is -0.497 e. The lowest BCUT2D eigenvalue weighted by Gasteiger charge is -2.11. The summed E-state index contributed by atoms with van der Waals surface area (Å²) in [7, 11) is 1.51. The van der Waals surface area contributed by atoms with Gasteiger partial charge in [-0.3, -0.25) is 0 Å². The van der Waals surface area contributed by atoms with Gasteiger partial charge in [-0.2, -0.15) is 0 Å². The van der Waals surface area contributed by atoms with Crippen molar-refractivity contribution >= 4 is 22.9 Å². The summed E-state index contributed by atoms with van der Waals surface area (Å²) in [5, 5.41) is -0.449. The molecule has 18 heavy (non-hydrogen) atoms. The summed E-state index contributed by atoms with van der Waals surface area (Å²) in [6, 6.07) is 6.83. The van der Waals surface area contributed by atoms with Crippen LogP contribution in [0.4, 0.5) is 4.39 Å². The molecule has 0 saturated carbocycles. The maximum atomic E-state index is 14.0. The van der Waals surface area contributed by atoms with Crippen molar-refractivity contribution in [1.82, 2.24) is 0 Å². The second-order valence-electron chi connectivity index (χ2n) is 4.15. The number of halogens is 2. The van der Waals surface area contributed by atoms with Crippen LogP contribution in [0.15, 0.2) is 24.3 Å². The first-order valence-corrected chi connectivity index (χ1v) is 6.82. The van der Waals surface area contributed by atoms with Crippen LogP contribution in [0.5, 0.6) is 5.75 Å². The Hall–Kier alpha value is -1.06. The van der Waals surface area contributed by atoms with Gasteiger partial charge in [0, 0.05) is 21.4 Å². The minimum atomic E-state index is -0.449. The van der Waals surface area contributed by atoms with Crippen molar-refractivity contribution in [3.63, 3.8) is 0 Å². The fourth-order valence-corrected chi connectivity index (χ4v) is 3.41. The highest BCUT2D eigenvalue weighted by Crippen LogP contribution is 2.38. The third-order valence-corrected chi connectivity index (χ3v) is 4.59. The molecule has 1 nitrogen and oxygen atoms in total. The average Bonchev–Trinajstić information content (AvgIpc) is 2.67. The topological polar surface area (TPSA) is 9.23 Å². The van der Waals surface area contributed by atoms with Gasteiger partial charge in [-0.05, 0) is 31.5 Å². The van der Waals surface area contributed by atoms with Gasteiger partial charge in [0.25, 0.3) is 0 Å². The van der Waals surface area contributed by atoms with E-state index >= 15 is 0 Å². The van der Waals surface area contributed by atoms with Crippen LogP contribution in [0.2, 0.25) is 0 Å². The molecule has 0 aliphatic rings. The zero-order chi connectivity index (χ0) is 13.3. The molecule has 0 bridgehead atoms. The molecule has 0 aliphatic carbocycles. The molecule has 0 radical (unpaired) electrons. The van der Waals surface area contributed by atoms with Crippen LogP contribution >= 0.6 is 22.9 Å². The van der Waals surface area contributed by atoms with E-state index in [-0.39, 0.29) is 5.82 Å². The summed E-state index contributed by atoms with van der Waals surface area (Å²) in [5.74, 6) is 0.166. The lowest BCUT2D eigenvalue weighted by atomic mass is 10.1. The Balaban J connectivity index is 2.39. The van der Waals surface area contributed by atoms with E-state index < -0.39 is 5.38 Å². The molecule has 4 heteroatoms. The Bertz CT molecular complexity index is 565. The molecule has 1 heterocycles. The van der Waals surface area contributed by atoms with Crippen LogP contribution in [0, 0.1) is 19.7 Å². The van der Waals surface area contributed by atoms with E-state index in [1.165, 1.54) is 18.1 Å². The number of ether oxygens (including phenoxy) is 1. The third-order valence-electron chi connectivity index (χ3n) is 2.79. The summed E-state index contributed by atoms with van der Waals surface area (Å²) in [6.07, 6.45) is 0. The van der Waals surface area contributed by atoms with E-state index in [2.05, 4.69) is 6.07 Å². The van der Waals surface area contributed by atoms with Crippen molar-refractivity contribution in [3.05, 3.63) is 51.0 Å². The largest absolute Gasteiger partial charge is 0.497 e. The molecule has 96 valence electrons. The van der Waals surface area contributed by atoms with E-state index in [1.54, 1.807) is 23.5 Å². The molecule has 1 atom stereocenters. The van der Waals surface area contributed by atoms with Gasteiger partial charge in [-0.15, -0.1) is 22.9 Å². The van der Waals surface area contributed by atoms with Crippen molar-refractivity contribution in [3.8, 4) is 5.75 Å². The number of hydrogen-bond donors (Lipinski definition) is 0. The van der Waals surface area contributed by atoms with E-state index in [0.29, 0.717) is 11.3 Å². The number of benzene rings is 1. The number of methoxy groups -OCH3 is 1. The van der Waals surface area contributed by atoms with Crippen LogP contribution in [-0.4, -0.2) is 7.11 Å². The number of aryl methyl sites for hydroxylation is 2. The molecule has 0 saturated heterocycles. The van der Waals surface area contributed by atoms with Gasteiger partial charge < -0.3 is 4.74 Å². The van der Waals surface area contributed by atoms with Gasteiger partial charge in [0.1, 0.15) is 11.6 Å². The fraction of sp³-hybridized carbons (Fsp3) is 0.286. The van der Waals surface area contributed by atoms with Gasteiger partial charge >= 0.3 is 0 Å². The average molecular weight is 285 g/mol. The Morgan fingerprint density at radius 1 is 1.28 bits per heavy atom. The van der Waals surface area contributed by atoms with Gasteiger partial charge in [0.15, 0.2) is 0 Å². The number of rotatable bonds is 3. The Kier molecular flexibility index (Phi) is 3.93. The first kappa shape index (κ1) is 13.4. The molecule has 0 fully saturated rings. The molecule has 0 aliphatic heterocycles. The summed E-state index contributed by atoms with van der Waals surface area (Å²) in [5.41, 5.74) is 1.59. The molecule has 2 rings (SSSR count). The second kappa shape index (κ2) is 5.29. The molecule has 0 amide bonds. The first-order valence-electron chi connectivity index (χ1n) is 5.57. The van der Waals surface area contributed by atoms with Crippen LogP contribution in [0.25, 0.3) is 0 Å². The normalized spacial score (nSPS) is 12.5. The zero-order valence-electron chi connectivity index (χ0n) is 10.5. The molecule has 1 aromatic carbocycles. The van der Waals surface area contributed by atoms with Crippen molar-refractivity contribution in [2.24, 2.45) is 0 Å². The second-order valence-corrected chi connectivity index (χ2v) is 5.88. The highest BCUT2D eigenvalue weighted by molar-refractivity contribution is 7.12. The summed E-state index contributed by atoms with van der Waals surface area (Å²) in [4.78, 5) is 2.18. The van der Waals surface area contributed by atoms with Crippen LogP contribution < -0.4 is 4.74 Å². The van der Waals surface area contributed by atoms with Crippen molar-refractivity contribution in [1.29, 1.82) is 0 Å². The highest BCUT2D eigenvalue weighted by Gasteiger charge is 2.19. The van der Waals surface area contributed by atoms with Crippen LogP contribution in [-0.2, 0) is 0 Å². The predicted molar refractivity (Wildman–Crippen MR) is 74.4 cm³/mol. The van der Waals surface area contributed by atoms with Crippen molar-refractivity contribution < 1.29 is 9.13 Å². The van der Waals surface area contributed by atoms with Crippen LogP contribution in [0.3, 0.4) is 0 Å². The van der Waals surface area contributed by atoms with Crippen molar-refractivity contribution in [2.45, 2.75) is 19.2 Å². The summed E-state index contributed by atoms with van der Waals surface area (Å²) in [6.45, 7) is 4.02. The first-order chi connectivity index (χ1) is 8.52. The third kappa shape index (κ3) is 2.52. The van der Waals surface area contributed by atoms with E-state index in [0.717, 1.165) is 10.4 Å². The predicted octanol–water partition coefficient (Wildman–Crippen LogP) is 4.84. The number of thiophene rings is 1. The monoisotopic (exact) mass is 284 g/mol. The smallest absolute Gasteiger partial charge is 0.131 e. The van der Waals surface area contributed by atoms with Crippen LogP contribution in [0.1, 0.15) is 26.3 Å². The van der Waals surface area contributed by atoms with E-state index in [1.807, 2.05) is 13.8 Å². The zero-order valence-corrected chi connectivity index (χ0v) is 12.0. The standard InChI is InChI=1S/C14H14ClFOS/c1-8-6-9(2)18-14(8)13(15)11-5-4-10(17-3)7-12(11)16/h4-7,13H,1-3H3. The fourth-order valence-electron chi connectivity index (χ4n) is 1.89. The summed E-state index contributed by atoms with van der Waals surface area (Å²) < 4.78 is 18.9. The molecule has 0 spiro atoms. The highest BCUT2D eigenvalue weighted by atomic mass is 35.5. The number of hydrogen-bond acceptors (Lipinski definition) is 2. The van der Waals surface area contributed by atoms with E-state index in [4.69, 9.17) is 16.3 Å². The Morgan fingerprint density at radius 3 is 2.50 bits per heavy atom. The molecule has 0 N–H and O–H groups in total. The minimum absolute atomic E-state index is 0.334. The Morgan fingerprint density at radius 2 is 2.00 bits per heavy atom.